The number of aliphatic hydroxyl groups excluding tert-OH is 1. The van der Waals surface area contributed by atoms with Crippen LogP contribution in [0, 0.1) is 0 Å². The lowest BCUT2D eigenvalue weighted by atomic mass is 10.0. The maximum absolute atomic E-state index is 9.78. The van der Waals surface area contributed by atoms with Crippen molar-refractivity contribution in [3.63, 3.8) is 0 Å². The highest BCUT2D eigenvalue weighted by Crippen LogP contribution is 2.24. The van der Waals surface area contributed by atoms with Crippen molar-refractivity contribution in [1.82, 2.24) is 5.32 Å². The number of methoxy groups -OCH3 is 1. The summed E-state index contributed by atoms with van der Waals surface area (Å²) in [5.41, 5.74) is 3.43. The van der Waals surface area contributed by atoms with Gasteiger partial charge in [-0.3, -0.25) is 0 Å². The molecule has 0 saturated heterocycles. The molecule has 24 heavy (non-hydrogen) atoms. The second-order valence-electron chi connectivity index (χ2n) is 6.01. The van der Waals surface area contributed by atoms with E-state index in [0.717, 1.165) is 17.9 Å². The van der Waals surface area contributed by atoms with E-state index in [1.54, 1.807) is 7.11 Å². The predicted octanol–water partition coefficient (Wildman–Crippen LogP) is 3.54. The number of nitrogens with one attached hydrogen (secondary N) is 1. The van der Waals surface area contributed by atoms with E-state index in [1.165, 1.54) is 11.3 Å². The molecule has 2 rings (SSSR count). The highest BCUT2D eigenvalue weighted by atomic mass is 16.5. The lowest BCUT2D eigenvalue weighted by molar-refractivity contribution is 0.235. The molecule has 4 heteroatoms. The van der Waals surface area contributed by atoms with Crippen molar-refractivity contribution in [1.29, 1.82) is 0 Å². The van der Waals surface area contributed by atoms with Crippen molar-refractivity contribution in [2.24, 2.45) is 0 Å². The number of rotatable bonds is 8. The fourth-order valence-electron chi connectivity index (χ4n) is 2.71. The van der Waals surface area contributed by atoms with Gasteiger partial charge in [-0.15, -0.1) is 0 Å². The van der Waals surface area contributed by atoms with Gasteiger partial charge in [0.2, 0.25) is 0 Å². The first kappa shape index (κ1) is 18.3. The largest absolute Gasteiger partial charge is 0.497 e. The Balaban J connectivity index is 2.09. The fourth-order valence-corrected chi connectivity index (χ4v) is 2.71. The smallest absolute Gasteiger partial charge is 0.119 e. The third-order valence-corrected chi connectivity index (χ3v) is 4.44. The summed E-state index contributed by atoms with van der Waals surface area (Å²) in [6, 6.07) is 16.4. The summed E-state index contributed by atoms with van der Waals surface area (Å²) in [7, 11) is 3.74. The zero-order chi connectivity index (χ0) is 17.5. The molecule has 2 aromatic carbocycles. The van der Waals surface area contributed by atoms with Crippen LogP contribution in [0.2, 0.25) is 0 Å². The molecule has 2 unspecified atom stereocenters. The normalized spacial score (nSPS) is 13.4. The van der Waals surface area contributed by atoms with Crippen molar-refractivity contribution in [3.05, 3.63) is 59.7 Å². The highest BCUT2D eigenvalue weighted by Gasteiger charge is 2.15. The maximum atomic E-state index is 9.78. The first-order chi connectivity index (χ1) is 11.6. The molecule has 0 radical (unpaired) electrons. The van der Waals surface area contributed by atoms with Gasteiger partial charge in [0.05, 0.1) is 19.8 Å². The summed E-state index contributed by atoms with van der Waals surface area (Å²) in [5, 5.41) is 13.3. The summed E-state index contributed by atoms with van der Waals surface area (Å²) < 4.78 is 5.27. The van der Waals surface area contributed by atoms with Crippen molar-refractivity contribution in [2.75, 3.05) is 32.2 Å². The Hall–Kier alpha value is -2.04. The molecule has 0 aliphatic carbocycles. The molecule has 0 spiro atoms. The summed E-state index contributed by atoms with van der Waals surface area (Å²) in [4.78, 5) is 2.20. The number of anilines is 1. The quantitative estimate of drug-likeness (QED) is 0.778. The molecule has 4 nitrogen and oxygen atoms in total. The van der Waals surface area contributed by atoms with E-state index in [2.05, 4.69) is 55.4 Å². The zero-order valence-electron chi connectivity index (χ0n) is 15.0. The molecule has 0 aliphatic rings. The number of hydrogen-bond donors (Lipinski definition) is 2. The van der Waals surface area contributed by atoms with Crippen LogP contribution in [-0.2, 0) is 0 Å². The van der Waals surface area contributed by atoms with Crippen LogP contribution in [0.4, 0.5) is 5.69 Å². The molecule has 2 N–H and O–H groups in total. The summed E-state index contributed by atoms with van der Waals surface area (Å²) >= 11 is 0. The number of ether oxygens (including phenoxy) is 1. The van der Waals surface area contributed by atoms with Gasteiger partial charge >= 0.3 is 0 Å². The molecule has 130 valence electrons. The Morgan fingerprint density at radius 1 is 1.12 bits per heavy atom. The Bertz CT molecular complexity index is 628. The Morgan fingerprint density at radius 3 is 2.42 bits per heavy atom. The minimum absolute atomic E-state index is 0.0359. The van der Waals surface area contributed by atoms with Gasteiger partial charge < -0.3 is 20.1 Å². The van der Waals surface area contributed by atoms with Gasteiger partial charge in [0.25, 0.3) is 0 Å². The molecule has 0 bridgehead atoms. The average molecular weight is 328 g/mol. The lowest BCUT2D eigenvalue weighted by Crippen LogP contribution is -2.27. The maximum Gasteiger partial charge on any atom is 0.119 e. The van der Waals surface area contributed by atoms with Gasteiger partial charge in [0, 0.05) is 25.3 Å². The van der Waals surface area contributed by atoms with Gasteiger partial charge in [-0.1, -0.05) is 24.3 Å². The lowest BCUT2D eigenvalue weighted by Gasteiger charge is -2.24. The average Bonchev–Trinajstić information content (AvgIpc) is 2.65. The molecule has 0 fully saturated rings. The van der Waals surface area contributed by atoms with Crippen LogP contribution in [0.25, 0.3) is 0 Å². The first-order valence-corrected chi connectivity index (χ1v) is 8.41. The van der Waals surface area contributed by atoms with Crippen molar-refractivity contribution in [2.45, 2.75) is 25.9 Å². The minimum Gasteiger partial charge on any atom is -0.497 e. The molecule has 0 amide bonds. The van der Waals surface area contributed by atoms with E-state index in [1.807, 2.05) is 24.3 Å². The third-order valence-electron chi connectivity index (χ3n) is 4.44. The van der Waals surface area contributed by atoms with Gasteiger partial charge in [0.15, 0.2) is 0 Å². The van der Waals surface area contributed by atoms with Crippen LogP contribution < -0.4 is 15.0 Å². The highest BCUT2D eigenvalue weighted by molar-refractivity contribution is 5.47. The van der Waals surface area contributed by atoms with E-state index >= 15 is 0 Å². The second kappa shape index (κ2) is 8.71. The van der Waals surface area contributed by atoms with Gasteiger partial charge in [-0.25, -0.2) is 0 Å². The monoisotopic (exact) mass is 328 g/mol. The summed E-state index contributed by atoms with van der Waals surface area (Å²) in [5.74, 6) is 0.798. The van der Waals surface area contributed by atoms with E-state index in [4.69, 9.17) is 4.74 Å². The zero-order valence-corrected chi connectivity index (χ0v) is 15.0. The van der Waals surface area contributed by atoms with Crippen molar-refractivity contribution < 1.29 is 9.84 Å². The predicted molar refractivity (Wildman–Crippen MR) is 99.8 cm³/mol. The van der Waals surface area contributed by atoms with Crippen molar-refractivity contribution >= 4 is 5.69 Å². The van der Waals surface area contributed by atoms with Crippen molar-refractivity contribution in [3.8, 4) is 5.75 Å². The molecule has 0 saturated carbocycles. The summed E-state index contributed by atoms with van der Waals surface area (Å²) in [6.07, 6.45) is 0. The second-order valence-corrected chi connectivity index (χ2v) is 6.01. The van der Waals surface area contributed by atoms with Crippen LogP contribution in [0.15, 0.2) is 48.5 Å². The molecular weight excluding hydrogens is 300 g/mol. The van der Waals surface area contributed by atoms with Gasteiger partial charge in [-0.05, 0) is 49.2 Å². The first-order valence-electron chi connectivity index (χ1n) is 8.41. The number of aliphatic hydroxyl groups is 1. The molecule has 0 aliphatic heterocycles. The molecule has 2 atom stereocenters. The minimum atomic E-state index is -0.131. The number of nitrogens with zero attached hydrogens (tertiary/aromatic N) is 1. The number of hydrogen-bond acceptors (Lipinski definition) is 4. The Labute approximate surface area is 145 Å². The standard InChI is InChI=1S/C20H28N2O2/c1-5-22(3)18-11-9-16(10-12-18)15(2)21-20(14-23)17-7-6-8-19(13-17)24-4/h6-13,15,20-21,23H,5,14H2,1-4H3. The van der Waals surface area contributed by atoms with Gasteiger partial charge in [-0.2, -0.15) is 0 Å². The van der Waals surface area contributed by atoms with E-state index in [9.17, 15) is 5.11 Å². The van der Waals surface area contributed by atoms with E-state index in [-0.39, 0.29) is 18.7 Å². The SMILES string of the molecule is CCN(C)c1ccc(C(C)NC(CO)c2cccc(OC)c2)cc1. The topological polar surface area (TPSA) is 44.7 Å². The number of benzene rings is 2. The van der Waals surface area contributed by atoms with Crippen LogP contribution in [0.3, 0.4) is 0 Å². The fraction of sp³-hybridized carbons (Fsp3) is 0.400. The third kappa shape index (κ3) is 4.49. The van der Waals surface area contributed by atoms with E-state index in [0.29, 0.717) is 0 Å². The van der Waals surface area contributed by atoms with Gasteiger partial charge in [0.1, 0.15) is 5.75 Å². The Morgan fingerprint density at radius 2 is 1.83 bits per heavy atom. The van der Waals surface area contributed by atoms with Crippen LogP contribution in [0.5, 0.6) is 5.75 Å². The molecule has 2 aromatic rings. The molecular formula is C20H28N2O2. The Kier molecular flexibility index (Phi) is 6.64. The van der Waals surface area contributed by atoms with Crippen LogP contribution in [0.1, 0.15) is 37.1 Å². The van der Waals surface area contributed by atoms with Crippen LogP contribution in [-0.4, -0.2) is 32.4 Å². The molecule has 0 aromatic heterocycles. The van der Waals surface area contributed by atoms with Crippen LogP contribution >= 0.6 is 0 Å². The van der Waals surface area contributed by atoms with E-state index < -0.39 is 0 Å². The molecule has 0 heterocycles. The summed E-state index contributed by atoms with van der Waals surface area (Å²) in [6.45, 7) is 5.27.